The molecule has 138 valence electrons. The molecule has 0 saturated carbocycles. The average molecular weight is 380 g/mol. The van der Waals surface area contributed by atoms with Crippen molar-refractivity contribution in [1.29, 1.82) is 0 Å². The Morgan fingerprint density at radius 1 is 1.19 bits per heavy atom. The lowest BCUT2D eigenvalue weighted by Crippen LogP contribution is -2.25. The molecule has 3 rings (SSSR count). The first kappa shape index (κ1) is 18.9. The van der Waals surface area contributed by atoms with Gasteiger partial charge in [-0.05, 0) is 50.1 Å². The Morgan fingerprint density at radius 3 is 2.70 bits per heavy atom. The van der Waals surface area contributed by atoms with Crippen LogP contribution in [0.1, 0.15) is 34.1 Å². The van der Waals surface area contributed by atoms with Crippen molar-refractivity contribution < 1.29 is 14.3 Å². The number of carbonyl (C=O) groups is 2. The topological polar surface area (TPSA) is 69.2 Å². The second kappa shape index (κ2) is 8.22. The molecule has 3 aromatic rings. The molecule has 5 nitrogen and oxygen atoms in total. The molecular weight excluding hydrogens is 360 g/mol. The summed E-state index contributed by atoms with van der Waals surface area (Å²) in [7, 11) is 0. The molecule has 1 atom stereocenters. The van der Waals surface area contributed by atoms with E-state index in [2.05, 4.69) is 9.97 Å². The van der Waals surface area contributed by atoms with Gasteiger partial charge in [0, 0.05) is 28.9 Å². The van der Waals surface area contributed by atoms with Crippen LogP contribution in [0.2, 0.25) is 0 Å². The number of esters is 1. The molecule has 2 heterocycles. The summed E-state index contributed by atoms with van der Waals surface area (Å²) in [5, 5.41) is 2.62. The zero-order chi connectivity index (χ0) is 19.4. The van der Waals surface area contributed by atoms with Crippen molar-refractivity contribution in [3.05, 3.63) is 70.5 Å². The summed E-state index contributed by atoms with van der Waals surface area (Å²) in [5.74, 6) is -0.677. The molecule has 0 amide bonds. The first-order chi connectivity index (χ1) is 12.9. The lowest BCUT2D eigenvalue weighted by atomic mass is 10.0. The van der Waals surface area contributed by atoms with Crippen molar-refractivity contribution in [2.75, 3.05) is 0 Å². The predicted octanol–water partition coefficient (Wildman–Crippen LogP) is 4.18. The van der Waals surface area contributed by atoms with Crippen LogP contribution in [0.4, 0.5) is 0 Å². The van der Waals surface area contributed by atoms with Crippen LogP contribution < -0.4 is 0 Å². The summed E-state index contributed by atoms with van der Waals surface area (Å²) in [6, 6.07) is 9.23. The van der Waals surface area contributed by atoms with E-state index in [0.717, 1.165) is 21.7 Å². The maximum absolute atomic E-state index is 12.5. The summed E-state index contributed by atoms with van der Waals surface area (Å²) in [4.78, 5) is 33.2. The number of pyridine rings is 1. The number of Topliss-reactive ketones (excluding diaryl/α,β-unsaturated/α-hetero) is 1. The van der Waals surface area contributed by atoms with Crippen LogP contribution in [0.15, 0.2) is 48.1 Å². The van der Waals surface area contributed by atoms with Gasteiger partial charge in [-0.25, -0.2) is 4.98 Å². The maximum Gasteiger partial charge on any atom is 0.312 e. The smallest absolute Gasteiger partial charge is 0.312 e. The Balaban J connectivity index is 1.61. The number of thiazole rings is 1. The van der Waals surface area contributed by atoms with Gasteiger partial charge in [0.05, 0.1) is 12.1 Å². The Hall–Kier alpha value is -2.86. The first-order valence-corrected chi connectivity index (χ1v) is 9.48. The molecule has 1 aromatic carbocycles. The second-order valence-corrected chi connectivity index (χ2v) is 7.22. The molecule has 0 N–H and O–H groups in total. The van der Waals surface area contributed by atoms with E-state index in [1.807, 2.05) is 43.5 Å². The van der Waals surface area contributed by atoms with Gasteiger partial charge in [0.15, 0.2) is 6.10 Å². The number of aryl methyl sites for hydroxylation is 2. The lowest BCUT2D eigenvalue weighted by Gasteiger charge is -2.13. The van der Waals surface area contributed by atoms with Crippen molar-refractivity contribution in [1.82, 2.24) is 9.97 Å². The van der Waals surface area contributed by atoms with E-state index in [9.17, 15) is 9.59 Å². The number of rotatable bonds is 6. The second-order valence-electron chi connectivity index (χ2n) is 6.36. The van der Waals surface area contributed by atoms with Crippen molar-refractivity contribution >= 4 is 23.1 Å². The number of carbonyl (C=O) groups excluding carboxylic acids is 2. The molecular formula is C21H20N2O3S. The molecule has 0 aliphatic rings. The molecule has 27 heavy (non-hydrogen) atoms. The minimum absolute atomic E-state index is 0.0291. The number of benzene rings is 1. The Labute approximate surface area is 162 Å². The average Bonchev–Trinajstić information content (AvgIpc) is 3.12. The fourth-order valence-electron chi connectivity index (χ4n) is 2.58. The molecule has 0 unspecified atom stereocenters. The highest BCUT2D eigenvalue weighted by Gasteiger charge is 2.20. The number of hydrogen-bond donors (Lipinski definition) is 0. The summed E-state index contributed by atoms with van der Waals surface area (Å²) < 4.78 is 5.32. The standard InChI is InChI=1S/C21H20N2O3S/c1-13-6-7-16(9-14(13)2)20(25)15(3)26-19(24)10-18-12-27-21(23-18)17-5-4-8-22-11-17/h4-9,11-12,15H,10H2,1-3H3/t15-/m1/s1. The zero-order valence-electron chi connectivity index (χ0n) is 15.4. The highest BCUT2D eigenvalue weighted by molar-refractivity contribution is 7.13. The SMILES string of the molecule is Cc1ccc(C(=O)[C@@H](C)OC(=O)Cc2csc(-c3cccnc3)n2)cc1C. The van der Waals surface area contributed by atoms with Crippen LogP contribution >= 0.6 is 11.3 Å². The van der Waals surface area contributed by atoms with E-state index >= 15 is 0 Å². The number of aromatic nitrogens is 2. The van der Waals surface area contributed by atoms with Gasteiger partial charge < -0.3 is 4.74 Å². The van der Waals surface area contributed by atoms with Crippen LogP contribution in [-0.4, -0.2) is 27.8 Å². The fraction of sp³-hybridized carbons (Fsp3) is 0.238. The lowest BCUT2D eigenvalue weighted by molar-refractivity contribution is -0.145. The molecule has 0 radical (unpaired) electrons. The molecule has 0 saturated heterocycles. The van der Waals surface area contributed by atoms with Gasteiger partial charge >= 0.3 is 5.97 Å². The third-order valence-corrected chi connectivity index (χ3v) is 5.19. The van der Waals surface area contributed by atoms with Crippen LogP contribution in [0.3, 0.4) is 0 Å². The molecule has 2 aromatic heterocycles. The quantitative estimate of drug-likeness (QED) is 0.474. The van der Waals surface area contributed by atoms with E-state index in [-0.39, 0.29) is 12.2 Å². The predicted molar refractivity (Wildman–Crippen MR) is 105 cm³/mol. The van der Waals surface area contributed by atoms with E-state index in [0.29, 0.717) is 11.3 Å². The molecule has 6 heteroatoms. The van der Waals surface area contributed by atoms with Gasteiger partial charge in [-0.1, -0.05) is 12.1 Å². The summed E-state index contributed by atoms with van der Waals surface area (Å²) >= 11 is 1.44. The normalized spacial score (nSPS) is 11.8. The molecule has 0 fully saturated rings. The van der Waals surface area contributed by atoms with Crippen molar-refractivity contribution in [2.45, 2.75) is 33.3 Å². The van der Waals surface area contributed by atoms with Crippen molar-refractivity contribution in [2.24, 2.45) is 0 Å². The zero-order valence-corrected chi connectivity index (χ0v) is 16.2. The summed E-state index contributed by atoms with van der Waals surface area (Å²) in [5.41, 5.74) is 4.22. The van der Waals surface area contributed by atoms with Gasteiger partial charge in [0.2, 0.25) is 5.78 Å². The third-order valence-electron chi connectivity index (χ3n) is 4.25. The molecule has 0 spiro atoms. The highest BCUT2D eigenvalue weighted by Crippen LogP contribution is 2.23. The fourth-order valence-corrected chi connectivity index (χ4v) is 3.39. The Kier molecular flexibility index (Phi) is 5.76. The van der Waals surface area contributed by atoms with Crippen LogP contribution in [0.25, 0.3) is 10.6 Å². The number of ether oxygens (including phenoxy) is 1. The summed E-state index contributed by atoms with van der Waals surface area (Å²) in [6.45, 7) is 5.53. The Morgan fingerprint density at radius 2 is 2.00 bits per heavy atom. The molecule has 0 aliphatic carbocycles. The first-order valence-electron chi connectivity index (χ1n) is 8.60. The van der Waals surface area contributed by atoms with E-state index in [4.69, 9.17) is 4.74 Å². The minimum atomic E-state index is -0.837. The number of hydrogen-bond acceptors (Lipinski definition) is 6. The van der Waals surface area contributed by atoms with Gasteiger partial charge in [-0.3, -0.25) is 14.6 Å². The largest absolute Gasteiger partial charge is 0.454 e. The Bertz CT molecular complexity index is 967. The monoisotopic (exact) mass is 380 g/mol. The maximum atomic E-state index is 12.5. The third kappa shape index (κ3) is 4.65. The van der Waals surface area contributed by atoms with Gasteiger partial charge in [-0.15, -0.1) is 11.3 Å². The number of ketones is 1. The van der Waals surface area contributed by atoms with Gasteiger partial charge in [0.25, 0.3) is 0 Å². The van der Waals surface area contributed by atoms with Gasteiger partial charge in [0.1, 0.15) is 5.01 Å². The van der Waals surface area contributed by atoms with Crippen LogP contribution in [-0.2, 0) is 16.0 Å². The minimum Gasteiger partial charge on any atom is -0.454 e. The molecule has 0 bridgehead atoms. The van der Waals surface area contributed by atoms with Gasteiger partial charge in [-0.2, -0.15) is 0 Å². The number of nitrogens with zero attached hydrogens (tertiary/aromatic N) is 2. The van der Waals surface area contributed by atoms with E-state index < -0.39 is 12.1 Å². The van der Waals surface area contributed by atoms with Crippen molar-refractivity contribution in [3.63, 3.8) is 0 Å². The highest BCUT2D eigenvalue weighted by atomic mass is 32.1. The van der Waals surface area contributed by atoms with E-state index in [1.165, 1.54) is 11.3 Å². The summed E-state index contributed by atoms with van der Waals surface area (Å²) in [6.07, 6.45) is 2.62. The van der Waals surface area contributed by atoms with Crippen LogP contribution in [0, 0.1) is 13.8 Å². The van der Waals surface area contributed by atoms with Crippen LogP contribution in [0.5, 0.6) is 0 Å². The van der Waals surface area contributed by atoms with Crippen molar-refractivity contribution in [3.8, 4) is 10.6 Å². The van der Waals surface area contributed by atoms with E-state index in [1.54, 1.807) is 25.4 Å². The molecule has 0 aliphatic heterocycles.